The molecule has 0 spiro atoms. The maximum atomic E-state index is 14.6. The number of oxime groups is 1. The number of carbonyl (C=O) groups excluding carboxylic acids is 3. The summed E-state index contributed by atoms with van der Waals surface area (Å²) in [6, 6.07) is 24.3. The van der Waals surface area contributed by atoms with Gasteiger partial charge in [-0.15, -0.1) is 0 Å². The number of halogens is 4. The number of fused-ring (bicyclic) bond motifs is 5. The molecule has 1 unspecified atom stereocenters. The van der Waals surface area contributed by atoms with Crippen molar-refractivity contribution in [1.29, 1.82) is 0 Å². The van der Waals surface area contributed by atoms with Gasteiger partial charge in [-0.25, -0.2) is 13.6 Å². The number of carbonyl (C=O) groups is 3. The Morgan fingerprint density at radius 2 is 1.52 bits per heavy atom. The van der Waals surface area contributed by atoms with Gasteiger partial charge in [-0.3, -0.25) is 9.59 Å². The predicted molar refractivity (Wildman–Crippen MR) is 220 cm³/mol. The maximum absolute atomic E-state index is 14.6. The van der Waals surface area contributed by atoms with Crippen molar-refractivity contribution >= 4 is 55.8 Å². The summed E-state index contributed by atoms with van der Waals surface area (Å²) in [5.74, 6) is -5.87. The Balaban J connectivity index is 1.56. The van der Waals surface area contributed by atoms with Crippen LogP contribution in [0.25, 0.3) is 32.6 Å². The van der Waals surface area contributed by atoms with Gasteiger partial charge in [0.05, 0.1) is 5.52 Å². The molecular formula is C47H46F4N2O5. The van der Waals surface area contributed by atoms with Gasteiger partial charge >= 0.3 is 18.3 Å². The Hall–Kier alpha value is -5.84. The number of aryl methyl sites for hydroxylation is 3. The van der Waals surface area contributed by atoms with Crippen LogP contribution >= 0.6 is 0 Å². The molecule has 0 radical (unpaired) electrons. The lowest BCUT2D eigenvalue weighted by Gasteiger charge is -2.19. The van der Waals surface area contributed by atoms with Crippen LogP contribution < -0.4 is 4.74 Å². The molecule has 1 atom stereocenters. The first-order chi connectivity index (χ1) is 27.6. The number of ether oxygens (including phenoxy) is 1. The Labute approximate surface area is 334 Å². The molecule has 11 heteroatoms. The first kappa shape index (κ1) is 41.8. The molecule has 0 bridgehead atoms. The second kappa shape index (κ2) is 17.3. The Bertz CT molecular complexity index is 2550. The van der Waals surface area contributed by atoms with Crippen LogP contribution in [0.1, 0.15) is 95.0 Å². The average molecular weight is 795 g/mol. The lowest BCUT2D eigenvalue weighted by atomic mass is 9.89. The molecule has 6 rings (SSSR count). The first-order valence-electron chi connectivity index (χ1n) is 19.4. The summed E-state index contributed by atoms with van der Waals surface area (Å²) in [5, 5.41) is 7.04. The van der Waals surface area contributed by atoms with E-state index in [4.69, 9.17) is 9.57 Å². The zero-order chi connectivity index (χ0) is 41.9. The number of nitrogens with zero attached hydrogens (tertiary/aromatic N) is 2. The number of ketones is 2. The van der Waals surface area contributed by atoms with E-state index in [1.807, 2.05) is 69.3 Å². The fraction of sp³-hybridized carbons (Fsp3) is 0.319. The summed E-state index contributed by atoms with van der Waals surface area (Å²) in [5.41, 5.74) is 5.61. The SMILES string of the molecule is CCCCC(CC)Cn1c2ccc(C(=O)/C(=N\OC(C)=O)c3cccc(OCC(F)(F)C(F)F)c3)cc2c2cc(C(=O)c3c(C)cc(C)cc3C)c3ccccc3c21. The zero-order valence-corrected chi connectivity index (χ0v) is 33.4. The van der Waals surface area contributed by atoms with Crippen molar-refractivity contribution in [3.05, 3.63) is 124 Å². The van der Waals surface area contributed by atoms with Gasteiger partial charge in [0.25, 0.3) is 0 Å². The van der Waals surface area contributed by atoms with Gasteiger partial charge in [0, 0.05) is 57.4 Å². The number of rotatable bonds is 16. The van der Waals surface area contributed by atoms with Gasteiger partial charge in [0.1, 0.15) is 5.75 Å². The second-order valence-corrected chi connectivity index (χ2v) is 15.0. The van der Waals surface area contributed by atoms with Crippen molar-refractivity contribution in [2.24, 2.45) is 11.1 Å². The van der Waals surface area contributed by atoms with E-state index >= 15 is 0 Å². The van der Waals surface area contributed by atoms with Crippen molar-refractivity contribution in [2.75, 3.05) is 6.61 Å². The van der Waals surface area contributed by atoms with E-state index in [9.17, 15) is 31.9 Å². The topological polar surface area (TPSA) is 87.0 Å². The third-order valence-electron chi connectivity index (χ3n) is 10.6. The molecule has 302 valence electrons. The molecule has 0 amide bonds. The normalized spacial score (nSPS) is 12.8. The highest BCUT2D eigenvalue weighted by Gasteiger charge is 2.41. The lowest BCUT2D eigenvalue weighted by Crippen LogP contribution is -2.33. The predicted octanol–water partition coefficient (Wildman–Crippen LogP) is 11.7. The molecule has 1 heterocycles. The van der Waals surface area contributed by atoms with E-state index in [1.54, 1.807) is 12.1 Å². The van der Waals surface area contributed by atoms with E-state index in [2.05, 4.69) is 23.6 Å². The molecule has 0 N–H and O–H groups in total. The minimum Gasteiger partial charge on any atom is -0.487 e. The lowest BCUT2D eigenvalue weighted by molar-refractivity contribution is -0.148. The summed E-state index contributed by atoms with van der Waals surface area (Å²) >= 11 is 0. The number of alkyl halides is 4. The number of unbranched alkanes of at least 4 members (excludes halogenated alkanes) is 1. The van der Waals surface area contributed by atoms with Gasteiger partial charge in [-0.05, 0) is 86.0 Å². The van der Waals surface area contributed by atoms with Crippen LogP contribution in [0.15, 0.2) is 90.1 Å². The van der Waals surface area contributed by atoms with E-state index in [-0.39, 0.29) is 28.4 Å². The van der Waals surface area contributed by atoms with Crippen molar-refractivity contribution in [2.45, 2.75) is 86.1 Å². The molecule has 1 aromatic heterocycles. The van der Waals surface area contributed by atoms with Crippen LogP contribution in [0.3, 0.4) is 0 Å². The standard InChI is InChI=1S/C47H46F4N2O5/c1-7-9-13-31(8-2)25-53-40-19-18-33(44(55)42(52-58-30(6)54)32-14-12-15-34(22-32)57-26-47(50,51)46(48)49)23-37(40)38-24-39(35-16-10-11-17-36(35)43(38)53)45(56)41-28(4)20-27(3)21-29(41)5/h10-12,14-24,31,46H,7-9,13,25-26H2,1-6H3/b52-42-. The van der Waals surface area contributed by atoms with Gasteiger partial charge in [0.2, 0.25) is 5.78 Å². The number of hydrogen-bond acceptors (Lipinski definition) is 6. The summed E-state index contributed by atoms with van der Waals surface area (Å²) < 4.78 is 60.3. The monoisotopic (exact) mass is 794 g/mol. The average Bonchev–Trinajstić information content (AvgIpc) is 3.50. The molecule has 0 saturated carbocycles. The van der Waals surface area contributed by atoms with E-state index < -0.39 is 30.7 Å². The molecule has 6 aromatic rings. The minimum absolute atomic E-state index is 0.0380. The third kappa shape index (κ3) is 8.54. The molecule has 5 aromatic carbocycles. The Morgan fingerprint density at radius 3 is 2.17 bits per heavy atom. The summed E-state index contributed by atoms with van der Waals surface area (Å²) in [6.07, 6.45) is 0.191. The minimum atomic E-state index is -4.41. The highest BCUT2D eigenvalue weighted by molar-refractivity contribution is 6.51. The van der Waals surface area contributed by atoms with Crippen LogP contribution in [0.4, 0.5) is 17.6 Å². The van der Waals surface area contributed by atoms with Crippen LogP contribution in [-0.4, -0.2) is 46.8 Å². The summed E-state index contributed by atoms with van der Waals surface area (Å²) in [7, 11) is 0. The fourth-order valence-electron chi connectivity index (χ4n) is 7.78. The molecule has 0 aliphatic carbocycles. The summed E-state index contributed by atoms with van der Waals surface area (Å²) in [4.78, 5) is 45.9. The van der Waals surface area contributed by atoms with Crippen LogP contribution in [-0.2, 0) is 16.2 Å². The zero-order valence-electron chi connectivity index (χ0n) is 33.4. The second-order valence-electron chi connectivity index (χ2n) is 15.0. The molecule has 58 heavy (non-hydrogen) atoms. The number of Topliss-reactive ketones (excluding diaryl/α,β-unsaturated/α-hetero) is 1. The van der Waals surface area contributed by atoms with Crippen LogP contribution in [0, 0.1) is 26.7 Å². The van der Waals surface area contributed by atoms with Gasteiger partial charge < -0.3 is 14.1 Å². The van der Waals surface area contributed by atoms with Crippen molar-refractivity contribution in [1.82, 2.24) is 4.57 Å². The maximum Gasteiger partial charge on any atom is 0.340 e. The highest BCUT2D eigenvalue weighted by Crippen LogP contribution is 2.39. The molecule has 7 nitrogen and oxygen atoms in total. The molecule has 0 aliphatic heterocycles. The van der Waals surface area contributed by atoms with E-state index in [0.29, 0.717) is 29.0 Å². The van der Waals surface area contributed by atoms with Crippen molar-refractivity contribution in [3.8, 4) is 5.75 Å². The van der Waals surface area contributed by atoms with Crippen molar-refractivity contribution in [3.63, 3.8) is 0 Å². The van der Waals surface area contributed by atoms with Crippen LogP contribution in [0.2, 0.25) is 0 Å². The quantitative estimate of drug-likeness (QED) is 0.0320. The van der Waals surface area contributed by atoms with E-state index in [1.165, 1.54) is 24.3 Å². The van der Waals surface area contributed by atoms with Crippen molar-refractivity contribution < 1.29 is 41.5 Å². The highest BCUT2D eigenvalue weighted by atomic mass is 19.3. The number of hydrogen-bond donors (Lipinski definition) is 0. The largest absolute Gasteiger partial charge is 0.487 e. The molecule has 0 fully saturated rings. The molecule has 0 aliphatic rings. The Morgan fingerprint density at radius 1 is 0.810 bits per heavy atom. The number of benzene rings is 5. The van der Waals surface area contributed by atoms with Crippen LogP contribution in [0.5, 0.6) is 5.75 Å². The first-order valence-corrected chi connectivity index (χ1v) is 19.4. The smallest absolute Gasteiger partial charge is 0.340 e. The molecular weight excluding hydrogens is 749 g/mol. The number of aromatic nitrogens is 1. The van der Waals surface area contributed by atoms with Gasteiger partial charge in [-0.1, -0.05) is 92.4 Å². The van der Waals surface area contributed by atoms with E-state index in [0.717, 1.165) is 76.5 Å². The summed E-state index contributed by atoms with van der Waals surface area (Å²) in [6.45, 7) is 10.4. The van der Waals surface area contributed by atoms with Gasteiger partial charge in [-0.2, -0.15) is 8.78 Å². The third-order valence-corrected chi connectivity index (χ3v) is 10.6. The Kier molecular flexibility index (Phi) is 12.5. The molecule has 0 saturated heterocycles. The fourth-order valence-corrected chi connectivity index (χ4v) is 7.78. The van der Waals surface area contributed by atoms with Gasteiger partial charge in [0.15, 0.2) is 18.1 Å².